The van der Waals surface area contributed by atoms with Gasteiger partial charge in [0.15, 0.2) is 0 Å². The monoisotopic (exact) mass is 438 g/mol. The molecule has 0 saturated carbocycles. The topological polar surface area (TPSA) is 87.2 Å². The molecule has 3 rings (SSSR count). The molecule has 168 valence electrons. The van der Waals surface area contributed by atoms with Crippen LogP contribution >= 0.6 is 11.8 Å². The van der Waals surface area contributed by atoms with Gasteiger partial charge in [0.25, 0.3) is 0 Å². The van der Waals surface area contributed by atoms with Gasteiger partial charge in [0.2, 0.25) is 11.8 Å². The van der Waals surface area contributed by atoms with Gasteiger partial charge in [-0.15, -0.1) is 18.3 Å². The average molecular weight is 439 g/mol. The molecule has 1 N–H and O–H groups in total. The number of amides is 2. The van der Waals surface area contributed by atoms with Crippen LogP contribution in [0.25, 0.3) is 0 Å². The molecule has 8 heteroatoms. The van der Waals surface area contributed by atoms with E-state index < -0.39 is 28.7 Å². The first-order valence-corrected chi connectivity index (χ1v) is 11.9. The third kappa shape index (κ3) is 3.55. The molecule has 0 radical (unpaired) electrons. The molecule has 30 heavy (non-hydrogen) atoms. The Labute approximate surface area is 183 Å². The number of fused-ring (bicyclic) bond motifs is 1. The minimum absolute atomic E-state index is 0.00313. The summed E-state index contributed by atoms with van der Waals surface area (Å²) in [7, 11) is 0. The number of ether oxygens (including phenoxy) is 1. The lowest BCUT2D eigenvalue weighted by molar-refractivity contribution is -0.154. The number of hydrogen-bond donors (Lipinski definition) is 1. The van der Waals surface area contributed by atoms with E-state index in [1.54, 1.807) is 41.5 Å². The number of carbonyl (C=O) groups is 3. The van der Waals surface area contributed by atoms with Crippen LogP contribution in [0, 0.1) is 11.8 Å². The Bertz CT molecular complexity index is 701. The normalized spacial score (nSPS) is 32.8. The lowest BCUT2D eigenvalue weighted by atomic mass is 9.71. The first-order valence-electron chi connectivity index (χ1n) is 11.0. The summed E-state index contributed by atoms with van der Waals surface area (Å²) in [4.78, 5) is 43.5. The maximum atomic E-state index is 13.8. The van der Waals surface area contributed by atoms with E-state index in [4.69, 9.17) is 4.74 Å². The number of carbonyl (C=O) groups excluding carboxylic acids is 3. The SMILES string of the molecule is C=CCN(CCCC)C(=O)C1N([C@H](C)CO)C(=O)[C@@H]2[C@@H](C(=O)OCC)[C@H]3CCC12S3. The number of aliphatic hydroxyl groups is 1. The second-order valence-electron chi connectivity index (χ2n) is 8.51. The molecule has 0 aromatic rings. The van der Waals surface area contributed by atoms with Crippen molar-refractivity contribution in [3.05, 3.63) is 12.7 Å². The predicted molar refractivity (Wildman–Crippen MR) is 116 cm³/mol. The molecule has 7 nitrogen and oxygen atoms in total. The second-order valence-corrected chi connectivity index (χ2v) is 10.1. The minimum Gasteiger partial charge on any atom is -0.466 e. The summed E-state index contributed by atoms with van der Waals surface area (Å²) < 4.78 is 4.67. The highest BCUT2D eigenvalue weighted by molar-refractivity contribution is 8.02. The van der Waals surface area contributed by atoms with E-state index in [0.29, 0.717) is 13.1 Å². The highest BCUT2D eigenvalue weighted by atomic mass is 32.2. The second kappa shape index (κ2) is 9.30. The van der Waals surface area contributed by atoms with Crippen LogP contribution < -0.4 is 0 Å². The fourth-order valence-electron chi connectivity index (χ4n) is 5.41. The number of aliphatic hydroxyl groups excluding tert-OH is 1. The molecule has 0 aromatic heterocycles. The van der Waals surface area contributed by atoms with Crippen LogP contribution in [-0.4, -0.2) is 81.1 Å². The molecule has 3 heterocycles. The summed E-state index contributed by atoms with van der Waals surface area (Å²) in [5.74, 6) is -1.73. The third-order valence-corrected chi connectivity index (χ3v) is 8.66. The summed E-state index contributed by atoms with van der Waals surface area (Å²) in [6.45, 7) is 10.4. The van der Waals surface area contributed by atoms with Crippen molar-refractivity contribution in [2.24, 2.45) is 11.8 Å². The van der Waals surface area contributed by atoms with Crippen molar-refractivity contribution in [1.29, 1.82) is 0 Å². The highest BCUT2D eigenvalue weighted by Gasteiger charge is 2.74. The van der Waals surface area contributed by atoms with Crippen molar-refractivity contribution in [3.63, 3.8) is 0 Å². The number of thioether (sulfide) groups is 1. The lowest BCUT2D eigenvalue weighted by Crippen LogP contribution is -2.57. The van der Waals surface area contributed by atoms with Crippen molar-refractivity contribution < 1.29 is 24.2 Å². The molecule has 0 aromatic carbocycles. The minimum atomic E-state index is -0.677. The van der Waals surface area contributed by atoms with Gasteiger partial charge in [-0.25, -0.2) is 0 Å². The van der Waals surface area contributed by atoms with Crippen LogP contribution in [0.4, 0.5) is 0 Å². The molecule has 2 unspecified atom stereocenters. The lowest BCUT2D eigenvalue weighted by Gasteiger charge is -2.38. The molecule has 3 aliphatic heterocycles. The first-order chi connectivity index (χ1) is 14.4. The molecule has 3 fully saturated rings. The number of likely N-dealkylation sites (tertiary alicyclic amines) is 1. The van der Waals surface area contributed by atoms with E-state index >= 15 is 0 Å². The van der Waals surface area contributed by atoms with Crippen molar-refractivity contribution >= 4 is 29.5 Å². The van der Waals surface area contributed by atoms with Gasteiger partial charge in [0, 0.05) is 18.3 Å². The van der Waals surface area contributed by atoms with Crippen LogP contribution in [0.3, 0.4) is 0 Å². The molecule has 3 aliphatic rings. The van der Waals surface area contributed by atoms with Gasteiger partial charge in [-0.2, -0.15) is 0 Å². The van der Waals surface area contributed by atoms with E-state index in [9.17, 15) is 19.5 Å². The van der Waals surface area contributed by atoms with Gasteiger partial charge < -0.3 is 19.6 Å². The van der Waals surface area contributed by atoms with Gasteiger partial charge in [0.1, 0.15) is 6.04 Å². The van der Waals surface area contributed by atoms with Gasteiger partial charge in [-0.3, -0.25) is 14.4 Å². The molecular formula is C22H34N2O5S. The maximum absolute atomic E-state index is 13.8. The number of esters is 1. The number of rotatable bonds is 10. The molecule has 2 amide bonds. The smallest absolute Gasteiger partial charge is 0.310 e. The maximum Gasteiger partial charge on any atom is 0.310 e. The third-order valence-electron chi connectivity index (χ3n) is 6.71. The van der Waals surface area contributed by atoms with E-state index in [1.807, 2.05) is 0 Å². The highest BCUT2D eigenvalue weighted by Crippen LogP contribution is 2.66. The Morgan fingerprint density at radius 1 is 1.47 bits per heavy atom. The summed E-state index contributed by atoms with van der Waals surface area (Å²) in [5.41, 5.74) is 0. The standard InChI is InChI=1S/C22H34N2O5S/c1-5-8-12-23(11-6-2)20(27)18-22-10-9-15(30-22)16(21(28)29-7-3)17(22)19(26)24(18)14(4)13-25/h6,14-18,25H,2,5,7-13H2,1,3-4H3/t14-,15-,16+,17+,18?,22?/m1/s1. The van der Waals surface area contributed by atoms with Crippen LogP contribution in [0.2, 0.25) is 0 Å². The Kier molecular flexibility index (Phi) is 7.17. The fraction of sp³-hybridized carbons (Fsp3) is 0.773. The number of unbranched alkanes of at least 4 members (excludes halogenated alkanes) is 1. The van der Waals surface area contributed by atoms with Crippen molar-refractivity contribution in [1.82, 2.24) is 9.80 Å². The predicted octanol–water partition coefficient (Wildman–Crippen LogP) is 1.84. The largest absolute Gasteiger partial charge is 0.466 e. The van der Waals surface area contributed by atoms with Crippen LogP contribution in [0.5, 0.6) is 0 Å². The summed E-state index contributed by atoms with van der Waals surface area (Å²) in [6, 6.07) is -1.17. The van der Waals surface area contributed by atoms with E-state index in [2.05, 4.69) is 13.5 Å². The Balaban J connectivity index is 2.02. The van der Waals surface area contributed by atoms with Gasteiger partial charge >= 0.3 is 5.97 Å². The van der Waals surface area contributed by atoms with Gasteiger partial charge in [0.05, 0.1) is 35.8 Å². The van der Waals surface area contributed by atoms with Gasteiger partial charge in [-0.1, -0.05) is 19.4 Å². The van der Waals surface area contributed by atoms with E-state index in [1.165, 1.54) is 0 Å². The Hall–Kier alpha value is -1.54. The van der Waals surface area contributed by atoms with E-state index in [0.717, 1.165) is 25.7 Å². The van der Waals surface area contributed by atoms with Crippen LogP contribution in [0.1, 0.15) is 46.5 Å². The van der Waals surface area contributed by atoms with Crippen LogP contribution in [-0.2, 0) is 19.1 Å². The number of hydrogen-bond acceptors (Lipinski definition) is 6. The van der Waals surface area contributed by atoms with Crippen molar-refractivity contribution in [2.75, 3.05) is 26.3 Å². The summed E-state index contributed by atoms with van der Waals surface area (Å²) >= 11 is 1.62. The zero-order valence-corrected chi connectivity index (χ0v) is 19.0. The van der Waals surface area contributed by atoms with Crippen molar-refractivity contribution in [2.45, 2.75) is 68.5 Å². The number of nitrogens with zero attached hydrogens (tertiary/aromatic N) is 2. The first kappa shape index (κ1) is 23.1. The summed E-state index contributed by atoms with van der Waals surface area (Å²) in [5, 5.41) is 9.86. The zero-order chi connectivity index (χ0) is 22.1. The fourth-order valence-corrected chi connectivity index (χ4v) is 7.60. The Morgan fingerprint density at radius 2 is 2.20 bits per heavy atom. The van der Waals surface area contributed by atoms with Crippen molar-refractivity contribution in [3.8, 4) is 0 Å². The molecular weight excluding hydrogens is 404 g/mol. The Morgan fingerprint density at radius 3 is 2.80 bits per heavy atom. The molecule has 6 atom stereocenters. The molecule has 2 bridgehead atoms. The molecule has 0 aliphatic carbocycles. The quantitative estimate of drug-likeness (QED) is 0.414. The average Bonchev–Trinajstić information content (AvgIpc) is 3.37. The molecule has 1 spiro atoms. The summed E-state index contributed by atoms with van der Waals surface area (Å²) in [6.07, 6.45) is 5.04. The van der Waals surface area contributed by atoms with E-state index in [-0.39, 0.29) is 36.2 Å². The van der Waals surface area contributed by atoms with Crippen LogP contribution in [0.15, 0.2) is 12.7 Å². The van der Waals surface area contributed by atoms with Gasteiger partial charge in [-0.05, 0) is 33.1 Å². The molecule has 3 saturated heterocycles. The zero-order valence-electron chi connectivity index (χ0n) is 18.2.